The van der Waals surface area contributed by atoms with Crippen LogP contribution >= 0.6 is 0 Å². The molecule has 0 aliphatic heterocycles. The molecule has 2 aromatic heterocycles. The Labute approximate surface area is 174 Å². The van der Waals surface area contributed by atoms with E-state index >= 15 is 0 Å². The largest absolute Gasteiger partial charge is 0.448 e. The summed E-state index contributed by atoms with van der Waals surface area (Å²) in [5, 5.41) is 18.5. The molecule has 1 aromatic carbocycles. The summed E-state index contributed by atoms with van der Waals surface area (Å²) in [6.07, 6.45) is -5.75. The molecule has 3 aromatic rings. The molecule has 9 nitrogen and oxygen atoms in total. The zero-order chi connectivity index (χ0) is 22.8. The van der Waals surface area contributed by atoms with Crippen LogP contribution < -0.4 is 0 Å². The second kappa shape index (κ2) is 8.58. The smallest absolute Gasteiger partial charge is 0.429 e. The number of hydrogen-bond donors (Lipinski definition) is 0. The Morgan fingerprint density at radius 2 is 1.94 bits per heavy atom. The highest BCUT2D eigenvalue weighted by atomic mass is 19.4. The van der Waals surface area contributed by atoms with Crippen LogP contribution in [0.15, 0.2) is 42.7 Å². The number of carbonyl (C=O) groups is 1. The van der Waals surface area contributed by atoms with Gasteiger partial charge in [0.15, 0.2) is 0 Å². The normalized spacial score (nSPS) is 12.5. The number of para-hydroxylation sites is 1. The van der Waals surface area contributed by atoms with E-state index in [1.54, 1.807) is 30.3 Å². The van der Waals surface area contributed by atoms with Gasteiger partial charge in [-0.2, -0.15) is 23.4 Å². The number of nitrogens with zero attached hydrogens (tertiary/aromatic N) is 5. The highest BCUT2D eigenvalue weighted by Gasteiger charge is 2.46. The van der Waals surface area contributed by atoms with Crippen LogP contribution in [0.1, 0.15) is 29.5 Å². The third kappa shape index (κ3) is 4.90. The topological polar surface area (TPSA) is 105 Å². The summed E-state index contributed by atoms with van der Waals surface area (Å²) < 4.78 is 48.6. The molecular weight excluding hydrogens is 419 g/mol. The Hall–Kier alpha value is -3.70. The number of aryl methyl sites for hydroxylation is 2. The minimum atomic E-state index is -4.86. The van der Waals surface area contributed by atoms with E-state index in [-0.39, 0.29) is 29.2 Å². The van der Waals surface area contributed by atoms with Crippen molar-refractivity contribution in [1.29, 1.82) is 0 Å². The van der Waals surface area contributed by atoms with Crippen molar-refractivity contribution >= 4 is 11.7 Å². The lowest BCUT2D eigenvalue weighted by Gasteiger charge is -2.21. The van der Waals surface area contributed by atoms with Gasteiger partial charge in [-0.3, -0.25) is 19.6 Å². The molecule has 31 heavy (non-hydrogen) atoms. The van der Waals surface area contributed by atoms with E-state index in [0.717, 1.165) is 17.1 Å². The molecule has 0 radical (unpaired) electrons. The second-order valence-electron chi connectivity index (χ2n) is 6.71. The van der Waals surface area contributed by atoms with E-state index < -0.39 is 29.6 Å². The number of aromatic nitrogens is 4. The average molecular weight is 437 g/mol. The average Bonchev–Trinajstić information content (AvgIpc) is 3.29. The van der Waals surface area contributed by atoms with Gasteiger partial charge in [0.05, 0.1) is 29.3 Å². The lowest BCUT2D eigenvalue weighted by molar-refractivity contribution is -0.385. The Morgan fingerprint density at radius 1 is 1.26 bits per heavy atom. The van der Waals surface area contributed by atoms with Crippen molar-refractivity contribution in [2.24, 2.45) is 0 Å². The van der Waals surface area contributed by atoms with Crippen molar-refractivity contribution in [2.75, 3.05) is 0 Å². The molecule has 1 atom stereocenters. The van der Waals surface area contributed by atoms with Gasteiger partial charge < -0.3 is 4.74 Å². The molecule has 0 aliphatic rings. The molecule has 164 valence electrons. The van der Waals surface area contributed by atoms with Gasteiger partial charge in [0, 0.05) is 11.3 Å². The number of esters is 1. The number of halogens is 3. The van der Waals surface area contributed by atoms with E-state index in [9.17, 15) is 28.1 Å². The zero-order valence-electron chi connectivity index (χ0n) is 16.5. The van der Waals surface area contributed by atoms with Crippen molar-refractivity contribution in [2.45, 2.75) is 39.1 Å². The molecule has 1 unspecified atom stereocenters. The van der Waals surface area contributed by atoms with Crippen molar-refractivity contribution in [3.8, 4) is 5.69 Å². The SMILES string of the molecule is Cc1nn(-c2ccccc2)c(C)c1C(OC(=O)CCn1cc([N+](=O)[O-])cn1)C(F)(F)F. The first-order valence-electron chi connectivity index (χ1n) is 9.12. The number of ether oxygens (including phenoxy) is 1. The minimum absolute atomic E-state index is 0.0826. The third-order valence-electron chi connectivity index (χ3n) is 4.53. The number of nitro groups is 1. The molecule has 0 N–H and O–H groups in total. The molecule has 0 aliphatic carbocycles. The molecule has 0 fully saturated rings. The van der Waals surface area contributed by atoms with Crippen LogP contribution in [-0.4, -0.2) is 36.6 Å². The summed E-state index contributed by atoms with van der Waals surface area (Å²) in [5.41, 5.74) is 0.322. The first-order valence-corrected chi connectivity index (χ1v) is 9.12. The number of rotatable bonds is 7. The van der Waals surface area contributed by atoms with Crippen LogP contribution in [0.3, 0.4) is 0 Å². The van der Waals surface area contributed by atoms with Crippen molar-refractivity contribution in [3.05, 3.63) is 69.8 Å². The Balaban J connectivity index is 1.80. The Morgan fingerprint density at radius 3 is 2.52 bits per heavy atom. The standard InChI is InChI=1S/C19H18F3N5O4/c1-12-17(13(2)26(24-12)14-6-4-3-5-7-14)18(19(20,21)22)31-16(28)8-9-25-11-15(10-23-25)27(29)30/h3-7,10-11,18H,8-9H2,1-2H3. The Bertz CT molecular complexity index is 1090. The summed E-state index contributed by atoms with van der Waals surface area (Å²) in [6, 6.07) is 8.62. The van der Waals surface area contributed by atoms with Gasteiger partial charge in [-0.25, -0.2) is 4.68 Å². The monoisotopic (exact) mass is 437 g/mol. The summed E-state index contributed by atoms with van der Waals surface area (Å²) in [7, 11) is 0. The molecule has 12 heteroatoms. The molecule has 3 rings (SSSR count). The van der Waals surface area contributed by atoms with Crippen LogP contribution in [0.25, 0.3) is 5.69 Å². The molecule has 0 spiro atoms. The second-order valence-corrected chi connectivity index (χ2v) is 6.71. The summed E-state index contributed by atoms with van der Waals surface area (Å²) >= 11 is 0. The molecule has 0 saturated carbocycles. The molecule has 2 heterocycles. The predicted molar refractivity (Wildman–Crippen MR) is 101 cm³/mol. The van der Waals surface area contributed by atoms with Gasteiger partial charge >= 0.3 is 17.8 Å². The van der Waals surface area contributed by atoms with Gasteiger partial charge in [-0.15, -0.1) is 0 Å². The summed E-state index contributed by atoms with van der Waals surface area (Å²) in [6.45, 7) is 2.72. The van der Waals surface area contributed by atoms with Crippen LogP contribution in [-0.2, 0) is 16.1 Å². The maximum absolute atomic E-state index is 13.8. The quantitative estimate of drug-likeness (QED) is 0.316. The number of carbonyl (C=O) groups excluding carboxylic acids is 1. The van der Waals surface area contributed by atoms with Gasteiger partial charge in [0.25, 0.3) is 0 Å². The van der Waals surface area contributed by atoms with Crippen molar-refractivity contribution < 1.29 is 27.6 Å². The van der Waals surface area contributed by atoms with E-state index in [4.69, 9.17) is 4.74 Å². The van der Waals surface area contributed by atoms with Gasteiger partial charge in [0.2, 0.25) is 6.10 Å². The molecule has 0 amide bonds. The third-order valence-corrected chi connectivity index (χ3v) is 4.53. The first kappa shape index (κ1) is 22.0. The fourth-order valence-electron chi connectivity index (χ4n) is 3.11. The minimum Gasteiger partial charge on any atom is -0.448 e. The van der Waals surface area contributed by atoms with E-state index in [2.05, 4.69) is 10.2 Å². The van der Waals surface area contributed by atoms with Crippen molar-refractivity contribution in [1.82, 2.24) is 19.6 Å². The van der Waals surface area contributed by atoms with Gasteiger partial charge in [0.1, 0.15) is 12.4 Å². The highest BCUT2D eigenvalue weighted by molar-refractivity contribution is 5.69. The van der Waals surface area contributed by atoms with Crippen LogP contribution in [0.5, 0.6) is 0 Å². The molecule has 0 bridgehead atoms. The lowest BCUT2D eigenvalue weighted by atomic mass is 10.1. The number of alkyl halides is 3. The van der Waals surface area contributed by atoms with E-state index in [1.807, 2.05) is 0 Å². The van der Waals surface area contributed by atoms with Gasteiger partial charge in [-0.05, 0) is 26.0 Å². The van der Waals surface area contributed by atoms with Crippen molar-refractivity contribution in [3.63, 3.8) is 0 Å². The zero-order valence-corrected chi connectivity index (χ0v) is 16.5. The predicted octanol–water partition coefficient (Wildman–Crippen LogP) is 3.83. The maximum Gasteiger partial charge on any atom is 0.429 e. The highest BCUT2D eigenvalue weighted by Crippen LogP contribution is 2.39. The molecule has 0 saturated heterocycles. The lowest BCUT2D eigenvalue weighted by Crippen LogP contribution is -2.27. The fourth-order valence-corrected chi connectivity index (χ4v) is 3.11. The fraction of sp³-hybridized carbons (Fsp3) is 0.316. The Kier molecular flexibility index (Phi) is 6.09. The van der Waals surface area contributed by atoms with E-state index in [0.29, 0.717) is 5.69 Å². The summed E-state index contributed by atoms with van der Waals surface area (Å²) in [4.78, 5) is 22.2. The maximum atomic E-state index is 13.8. The number of hydrogen-bond acceptors (Lipinski definition) is 6. The summed E-state index contributed by atoms with van der Waals surface area (Å²) in [5.74, 6) is -1.12. The van der Waals surface area contributed by atoms with E-state index in [1.165, 1.54) is 18.5 Å². The van der Waals surface area contributed by atoms with Crippen LogP contribution in [0.4, 0.5) is 18.9 Å². The van der Waals surface area contributed by atoms with Crippen LogP contribution in [0, 0.1) is 24.0 Å². The molecular formula is C19H18F3N5O4. The van der Waals surface area contributed by atoms with Crippen LogP contribution in [0.2, 0.25) is 0 Å². The first-order chi connectivity index (χ1) is 14.6. The number of benzene rings is 1. The van der Waals surface area contributed by atoms with Gasteiger partial charge in [-0.1, -0.05) is 18.2 Å².